The summed E-state index contributed by atoms with van der Waals surface area (Å²) in [6, 6.07) is 11.9. The molecule has 0 aliphatic rings. The molecule has 5 nitrogen and oxygen atoms in total. The van der Waals surface area contributed by atoms with Crippen molar-refractivity contribution in [3.63, 3.8) is 0 Å². The van der Waals surface area contributed by atoms with Crippen molar-refractivity contribution in [3.05, 3.63) is 48.7 Å². The van der Waals surface area contributed by atoms with Gasteiger partial charge in [0.25, 0.3) is 10.0 Å². The third kappa shape index (κ3) is 2.53. The van der Waals surface area contributed by atoms with Gasteiger partial charge in [0, 0.05) is 12.7 Å². The quantitative estimate of drug-likeness (QED) is 0.925. The first-order chi connectivity index (χ1) is 9.07. The van der Waals surface area contributed by atoms with Crippen LogP contribution in [0.5, 0.6) is 0 Å². The third-order valence-corrected chi connectivity index (χ3v) is 4.65. The Hall–Kier alpha value is -2.08. The van der Waals surface area contributed by atoms with Gasteiger partial charge in [-0.05, 0) is 31.2 Å². The van der Waals surface area contributed by atoms with Crippen molar-refractivity contribution in [2.45, 2.75) is 11.8 Å². The number of anilines is 2. The van der Waals surface area contributed by atoms with Gasteiger partial charge in [0.05, 0.1) is 5.69 Å². The fourth-order valence-electron chi connectivity index (χ4n) is 1.83. The fourth-order valence-corrected chi connectivity index (χ4v) is 3.37. The van der Waals surface area contributed by atoms with Crippen LogP contribution in [0.15, 0.2) is 53.6 Å². The van der Waals surface area contributed by atoms with Crippen LogP contribution in [0.3, 0.4) is 0 Å². The summed E-state index contributed by atoms with van der Waals surface area (Å²) < 4.78 is 26.5. The van der Waals surface area contributed by atoms with Crippen LogP contribution in [0, 0.1) is 0 Å². The van der Waals surface area contributed by atoms with Crippen molar-refractivity contribution < 1.29 is 8.42 Å². The number of hydrogen-bond acceptors (Lipinski definition) is 4. The number of benzene rings is 1. The summed E-state index contributed by atoms with van der Waals surface area (Å²) in [5.41, 5.74) is 6.27. The van der Waals surface area contributed by atoms with E-state index in [1.807, 2.05) is 6.07 Å². The minimum absolute atomic E-state index is 0.0110. The van der Waals surface area contributed by atoms with Gasteiger partial charge in [-0.15, -0.1) is 0 Å². The van der Waals surface area contributed by atoms with Crippen molar-refractivity contribution in [2.24, 2.45) is 0 Å². The van der Waals surface area contributed by atoms with E-state index < -0.39 is 10.0 Å². The molecule has 100 valence electrons. The van der Waals surface area contributed by atoms with Gasteiger partial charge >= 0.3 is 0 Å². The monoisotopic (exact) mass is 277 g/mol. The van der Waals surface area contributed by atoms with Crippen molar-refractivity contribution >= 4 is 21.5 Å². The molecule has 2 N–H and O–H groups in total. The number of nitrogen functional groups attached to an aromatic ring is 1. The van der Waals surface area contributed by atoms with Crippen LogP contribution in [-0.2, 0) is 10.0 Å². The molecule has 0 aliphatic heterocycles. The van der Waals surface area contributed by atoms with E-state index in [-0.39, 0.29) is 10.7 Å². The molecule has 19 heavy (non-hydrogen) atoms. The zero-order valence-electron chi connectivity index (χ0n) is 10.5. The fraction of sp³-hybridized carbons (Fsp3) is 0.154. The lowest BCUT2D eigenvalue weighted by Crippen LogP contribution is -2.31. The molecule has 0 saturated carbocycles. The highest BCUT2D eigenvalue weighted by Gasteiger charge is 2.25. The number of para-hydroxylation sites is 1. The summed E-state index contributed by atoms with van der Waals surface area (Å²) in [4.78, 5) is 3.86. The predicted octanol–water partition coefficient (Wildman–Crippen LogP) is 1.88. The number of hydrogen-bond donors (Lipinski definition) is 1. The molecule has 0 atom stereocenters. The molecular formula is C13H15N3O2S. The number of aromatic nitrogens is 1. The first kappa shape index (κ1) is 13.4. The number of pyridine rings is 1. The van der Waals surface area contributed by atoms with Crippen LogP contribution in [0.2, 0.25) is 0 Å². The van der Waals surface area contributed by atoms with Crippen LogP contribution < -0.4 is 10.0 Å². The van der Waals surface area contributed by atoms with Crippen molar-refractivity contribution in [3.8, 4) is 0 Å². The van der Waals surface area contributed by atoms with Gasteiger partial charge in [0.1, 0.15) is 10.7 Å². The molecule has 0 radical (unpaired) electrons. The Labute approximate surface area is 112 Å². The first-order valence-electron chi connectivity index (χ1n) is 5.85. The van der Waals surface area contributed by atoms with Gasteiger partial charge in [-0.3, -0.25) is 4.31 Å². The molecule has 2 aromatic rings. The summed E-state index contributed by atoms with van der Waals surface area (Å²) >= 11 is 0. The highest BCUT2D eigenvalue weighted by atomic mass is 32.2. The van der Waals surface area contributed by atoms with Crippen molar-refractivity contribution in [1.29, 1.82) is 0 Å². The Kier molecular flexibility index (Phi) is 3.71. The second kappa shape index (κ2) is 5.27. The minimum Gasteiger partial charge on any atom is -0.383 e. The van der Waals surface area contributed by atoms with Gasteiger partial charge in [-0.1, -0.05) is 18.2 Å². The first-order valence-corrected chi connectivity index (χ1v) is 7.29. The molecule has 1 aromatic heterocycles. The van der Waals surface area contributed by atoms with Crippen LogP contribution in [0.1, 0.15) is 6.92 Å². The van der Waals surface area contributed by atoms with Crippen LogP contribution in [0.4, 0.5) is 11.5 Å². The van der Waals surface area contributed by atoms with Crippen molar-refractivity contribution in [1.82, 2.24) is 4.98 Å². The zero-order chi connectivity index (χ0) is 13.9. The van der Waals surface area contributed by atoms with E-state index in [0.717, 1.165) is 0 Å². The molecule has 0 aliphatic carbocycles. The largest absolute Gasteiger partial charge is 0.383 e. The van der Waals surface area contributed by atoms with E-state index in [2.05, 4.69) is 4.98 Å². The van der Waals surface area contributed by atoms with Crippen LogP contribution >= 0.6 is 0 Å². The number of nitrogens with zero attached hydrogens (tertiary/aromatic N) is 2. The summed E-state index contributed by atoms with van der Waals surface area (Å²) in [5.74, 6) is 0.0110. The average molecular weight is 277 g/mol. The van der Waals surface area contributed by atoms with E-state index in [4.69, 9.17) is 5.73 Å². The molecule has 1 aromatic carbocycles. The molecule has 0 saturated heterocycles. The van der Waals surface area contributed by atoms with Gasteiger partial charge < -0.3 is 5.73 Å². The van der Waals surface area contributed by atoms with Crippen LogP contribution in [0.25, 0.3) is 0 Å². The molecule has 0 unspecified atom stereocenters. The Morgan fingerprint density at radius 3 is 2.42 bits per heavy atom. The lowest BCUT2D eigenvalue weighted by atomic mass is 10.3. The number of rotatable bonds is 4. The summed E-state index contributed by atoms with van der Waals surface area (Å²) in [6.07, 6.45) is 1.47. The van der Waals surface area contributed by atoms with Gasteiger partial charge in [-0.25, -0.2) is 13.4 Å². The maximum atomic E-state index is 12.6. The lowest BCUT2D eigenvalue weighted by molar-refractivity contribution is 0.592. The van der Waals surface area contributed by atoms with E-state index in [0.29, 0.717) is 12.2 Å². The van der Waals surface area contributed by atoms with Gasteiger partial charge in [0.2, 0.25) is 0 Å². The summed E-state index contributed by atoms with van der Waals surface area (Å²) in [6.45, 7) is 2.10. The second-order valence-corrected chi connectivity index (χ2v) is 5.72. The molecule has 6 heteroatoms. The maximum Gasteiger partial charge on any atom is 0.267 e. The Balaban J connectivity index is 2.52. The smallest absolute Gasteiger partial charge is 0.267 e. The Bertz CT molecular complexity index is 657. The molecule has 0 spiro atoms. The molecular weight excluding hydrogens is 262 g/mol. The standard InChI is InChI=1S/C13H15N3O2S/c1-2-16(11-7-4-3-5-8-11)19(17,18)12-9-6-10-15-13(12)14/h3-10H,2H2,1H3,(H2,14,15). The van der Waals surface area contributed by atoms with E-state index in [9.17, 15) is 8.42 Å². The normalized spacial score (nSPS) is 11.2. The molecule has 1 heterocycles. The molecule has 0 bridgehead atoms. The number of nitrogens with two attached hydrogens (primary N) is 1. The Morgan fingerprint density at radius 1 is 1.16 bits per heavy atom. The van der Waals surface area contributed by atoms with Crippen molar-refractivity contribution in [2.75, 3.05) is 16.6 Å². The predicted molar refractivity (Wildman–Crippen MR) is 75.3 cm³/mol. The van der Waals surface area contributed by atoms with E-state index in [1.54, 1.807) is 37.3 Å². The highest BCUT2D eigenvalue weighted by Crippen LogP contribution is 2.25. The summed E-state index contributed by atoms with van der Waals surface area (Å²) in [7, 11) is -3.69. The lowest BCUT2D eigenvalue weighted by Gasteiger charge is -2.23. The minimum atomic E-state index is -3.69. The SMILES string of the molecule is CCN(c1ccccc1)S(=O)(=O)c1cccnc1N. The summed E-state index contributed by atoms with van der Waals surface area (Å²) in [5, 5.41) is 0. The van der Waals surface area contributed by atoms with E-state index in [1.165, 1.54) is 16.6 Å². The molecule has 2 rings (SSSR count). The average Bonchev–Trinajstić information content (AvgIpc) is 2.40. The van der Waals surface area contributed by atoms with Crippen LogP contribution in [-0.4, -0.2) is 19.9 Å². The topological polar surface area (TPSA) is 76.3 Å². The zero-order valence-corrected chi connectivity index (χ0v) is 11.3. The molecule has 0 fully saturated rings. The molecule has 0 amide bonds. The highest BCUT2D eigenvalue weighted by molar-refractivity contribution is 7.93. The number of sulfonamides is 1. The van der Waals surface area contributed by atoms with Gasteiger partial charge in [-0.2, -0.15) is 0 Å². The van der Waals surface area contributed by atoms with E-state index >= 15 is 0 Å². The maximum absolute atomic E-state index is 12.6. The second-order valence-electron chi connectivity index (χ2n) is 3.89. The van der Waals surface area contributed by atoms with Gasteiger partial charge in [0.15, 0.2) is 0 Å². The Morgan fingerprint density at radius 2 is 1.84 bits per heavy atom. The third-order valence-electron chi connectivity index (χ3n) is 2.70.